The summed E-state index contributed by atoms with van der Waals surface area (Å²) in [5.41, 5.74) is 5.78. The number of nitrogens with two attached hydrogens (primary N) is 1. The van der Waals surface area contributed by atoms with E-state index < -0.39 is 0 Å². The van der Waals surface area contributed by atoms with Crippen LogP contribution in [0.4, 0.5) is 0 Å². The molecule has 0 bridgehead atoms. The Labute approximate surface area is 87.3 Å². The molecule has 0 radical (unpaired) electrons. The Bertz CT molecular complexity index is 163. The lowest BCUT2D eigenvalue weighted by molar-refractivity contribution is 0.0463. The van der Waals surface area contributed by atoms with E-state index in [1.54, 1.807) is 0 Å². The number of hydrogen-bond donors (Lipinski definition) is 2. The maximum Gasteiger partial charge on any atom is 0.0664 e. The maximum atomic E-state index is 9.63. The van der Waals surface area contributed by atoms with Crippen LogP contribution in [0.5, 0.6) is 0 Å². The first-order valence-corrected chi connectivity index (χ1v) is 5.81. The summed E-state index contributed by atoms with van der Waals surface area (Å²) < 4.78 is 0. The van der Waals surface area contributed by atoms with Crippen molar-refractivity contribution in [3.05, 3.63) is 0 Å². The van der Waals surface area contributed by atoms with Crippen LogP contribution < -0.4 is 5.73 Å². The predicted molar refractivity (Wildman–Crippen MR) is 59.1 cm³/mol. The smallest absolute Gasteiger partial charge is 0.0664 e. The van der Waals surface area contributed by atoms with E-state index in [0.717, 1.165) is 26.1 Å². The molecule has 1 aliphatic heterocycles. The Morgan fingerprint density at radius 1 is 1.57 bits per heavy atom. The lowest BCUT2D eigenvalue weighted by Gasteiger charge is -2.40. The zero-order valence-electron chi connectivity index (χ0n) is 9.45. The van der Waals surface area contributed by atoms with Crippen molar-refractivity contribution in [1.29, 1.82) is 0 Å². The highest BCUT2D eigenvalue weighted by Gasteiger charge is 2.27. The molecule has 0 amide bonds. The van der Waals surface area contributed by atoms with Crippen LogP contribution in [0.3, 0.4) is 0 Å². The molecule has 0 aromatic heterocycles. The Morgan fingerprint density at radius 3 is 2.86 bits per heavy atom. The molecule has 0 aliphatic carbocycles. The summed E-state index contributed by atoms with van der Waals surface area (Å²) in [4.78, 5) is 2.36. The molecule has 3 nitrogen and oxygen atoms in total. The molecule has 0 aromatic carbocycles. The van der Waals surface area contributed by atoms with E-state index in [9.17, 15) is 5.11 Å². The number of likely N-dealkylation sites (tertiary alicyclic amines) is 1. The molecule has 1 fully saturated rings. The van der Waals surface area contributed by atoms with Gasteiger partial charge in [0.25, 0.3) is 0 Å². The van der Waals surface area contributed by atoms with Gasteiger partial charge >= 0.3 is 0 Å². The van der Waals surface area contributed by atoms with E-state index in [-0.39, 0.29) is 6.10 Å². The van der Waals surface area contributed by atoms with Gasteiger partial charge in [-0.2, -0.15) is 0 Å². The van der Waals surface area contributed by atoms with Crippen molar-refractivity contribution in [1.82, 2.24) is 4.90 Å². The van der Waals surface area contributed by atoms with Gasteiger partial charge in [-0.15, -0.1) is 0 Å². The van der Waals surface area contributed by atoms with Crippen molar-refractivity contribution in [2.24, 2.45) is 11.7 Å². The van der Waals surface area contributed by atoms with E-state index >= 15 is 0 Å². The maximum absolute atomic E-state index is 9.63. The largest absolute Gasteiger partial charge is 0.392 e. The molecule has 0 aromatic rings. The number of rotatable bonds is 4. The van der Waals surface area contributed by atoms with E-state index in [0.29, 0.717) is 12.0 Å². The number of β-amino-alcohol motifs (C(OH)–C–C–N with tert-alkyl or cyclic N) is 1. The van der Waals surface area contributed by atoms with Gasteiger partial charge in [0.05, 0.1) is 6.10 Å². The van der Waals surface area contributed by atoms with Crippen molar-refractivity contribution < 1.29 is 5.11 Å². The first-order chi connectivity index (χ1) is 6.69. The zero-order valence-corrected chi connectivity index (χ0v) is 9.45. The standard InChI is InChI=1S/C11H24N2O/c1-3-10(14)8-13-6-4-5-9(2)11(13)7-12/h9-11,14H,3-8,12H2,1-2H3. The molecule has 3 heteroatoms. The molecule has 1 rings (SSSR count). The van der Waals surface area contributed by atoms with E-state index in [1.807, 2.05) is 6.92 Å². The van der Waals surface area contributed by atoms with Gasteiger partial charge in [-0.05, 0) is 31.7 Å². The fraction of sp³-hybridized carbons (Fsp3) is 1.00. The van der Waals surface area contributed by atoms with Crippen LogP contribution in [-0.4, -0.2) is 41.8 Å². The monoisotopic (exact) mass is 200 g/mol. The average Bonchev–Trinajstić information content (AvgIpc) is 2.18. The number of aliphatic hydroxyl groups is 1. The summed E-state index contributed by atoms with van der Waals surface area (Å²) in [5.74, 6) is 0.679. The molecule has 14 heavy (non-hydrogen) atoms. The Kier molecular flexibility index (Phi) is 4.85. The minimum absolute atomic E-state index is 0.186. The van der Waals surface area contributed by atoms with Gasteiger partial charge in [0.2, 0.25) is 0 Å². The highest BCUT2D eigenvalue weighted by atomic mass is 16.3. The number of nitrogens with zero attached hydrogens (tertiary/aromatic N) is 1. The normalized spacial score (nSPS) is 31.7. The topological polar surface area (TPSA) is 49.5 Å². The zero-order chi connectivity index (χ0) is 10.6. The second kappa shape index (κ2) is 5.69. The fourth-order valence-corrected chi connectivity index (χ4v) is 2.34. The van der Waals surface area contributed by atoms with Crippen LogP contribution >= 0.6 is 0 Å². The van der Waals surface area contributed by atoms with Gasteiger partial charge < -0.3 is 10.8 Å². The minimum Gasteiger partial charge on any atom is -0.392 e. The van der Waals surface area contributed by atoms with Crippen LogP contribution in [0, 0.1) is 5.92 Å². The molecule has 84 valence electrons. The van der Waals surface area contributed by atoms with Gasteiger partial charge in [-0.1, -0.05) is 13.8 Å². The second-order valence-corrected chi connectivity index (χ2v) is 4.48. The van der Waals surface area contributed by atoms with Gasteiger partial charge in [0.15, 0.2) is 0 Å². The molecule has 3 atom stereocenters. The predicted octanol–water partition coefficient (Wildman–Crippen LogP) is 0.817. The van der Waals surface area contributed by atoms with Crippen molar-refractivity contribution in [3.63, 3.8) is 0 Å². The number of hydrogen-bond acceptors (Lipinski definition) is 3. The summed E-state index contributed by atoms with van der Waals surface area (Å²) in [5, 5.41) is 9.63. The molecule has 0 saturated carbocycles. The van der Waals surface area contributed by atoms with Crippen LogP contribution in [-0.2, 0) is 0 Å². The summed E-state index contributed by atoms with van der Waals surface area (Å²) in [6.07, 6.45) is 3.17. The third kappa shape index (κ3) is 2.94. The SMILES string of the molecule is CCC(O)CN1CCCC(C)C1CN. The number of aliphatic hydroxyl groups excluding tert-OH is 1. The van der Waals surface area contributed by atoms with Crippen LogP contribution in [0.25, 0.3) is 0 Å². The van der Waals surface area contributed by atoms with Gasteiger partial charge in [0.1, 0.15) is 0 Å². The first-order valence-electron chi connectivity index (χ1n) is 5.81. The quantitative estimate of drug-likeness (QED) is 0.706. The highest BCUT2D eigenvalue weighted by molar-refractivity contribution is 4.83. The fourth-order valence-electron chi connectivity index (χ4n) is 2.34. The van der Waals surface area contributed by atoms with E-state index in [4.69, 9.17) is 5.73 Å². The van der Waals surface area contributed by atoms with Crippen LogP contribution in [0.15, 0.2) is 0 Å². The molecule has 3 N–H and O–H groups in total. The average molecular weight is 200 g/mol. The second-order valence-electron chi connectivity index (χ2n) is 4.48. The van der Waals surface area contributed by atoms with Gasteiger partial charge in [-0.25, -0.2) is 0 Å². The Morgan fingerprint density at radius 2 is 2.29 bits per heavy atom. The third-order valence-electron chi connectivity index (χ3n) is 3.39. The van der Waals surface area contributed by atoms with E-state index in [2.05, 4.69) is 11.8 Å². The molecule has 1 aliphatic rings. The van der Waals surface area contributed by atoms with Crippen LogP contribution in [0.2, 0.25) is 0 Å². The molecule has 1 saturated heterocycles. The van der Waals surface area contributed by atoms with Crippen LogP contribution in [0.1, 0.15) is 33.1 Å². The third-order valence-corrected chi connectivity index (χ3v) is 3.39. The lowest BCUT2D eigenvalue weighted by Crippen LogP contribution is -2.50. The van der Waals surface area contributed by atoms with Crippen molar-refractivity contribution >= 4 is 0 Å². The summed E-state index contributed by atoms with van der Waals surface area (Å²) >= 11 is 0. The first kappa shape index (κ1) is 12.0. The minimum atomic E-state index is -0.186. The highest BCUT2D eigenvalue weighted by Crippen LogP contribution is 2.22. The Hall–Kier alpha value is -0.120. The molecular formula is C11H24N2O. The molecule has 3 unspecified atom stereocenters. The van der Waals surface area contributed by atoms with Crippen molar-refractivity contribution in [2.75, 3.05) is 19.6 Å². The summed E-state index contributed by atoms with van der Waals surface area (Å²) in [6.45, 7) is 6.90. The lowest BCUT2D eigenvalue weighted by atomic mass is 9.90. The molecule has 0 spiro atoms. The Balaban J connectivity index is 2.47. The van der Waals surface area contributed by atoms with Crippen molar-refractivity contribution in [2.45, 2.75) is 45.3 Å². The number of piperidine rings is 1. The molecular weight excluding hydrogens is 176 g/mol. The van der Waals surface area contributed by atoms with E-state index in [1.165, 1.54) is 12.8 Å². The van der Waals surface area contributed by atoms with Gasteiger partial charge in [-0.3, -0.25) is 4.90 Å². The summed E-state index contributed by atoms with van der Waals surface area (Å²) in [7, 11) is 0. The molecule has 1 heterocycles. The van der Waals surface area contributed by atoms with Gasteiger partial charge in [0, 0.05) is 19.1 Å². The summed E-state index contributed by atoms with van der Waals surface area (Å²) in [6, 6.07) is 0.477. The van der Waals surface area contributed by atoms with Crippen molar-refractivity contribution in [3.8, 4) is 0 Å².